The molecule has 0 saturated carbocycles. The highest BCUT2D eigenvalue weighted by atomic mass is 16.5. The number of rotatable bonds is 4. The van der Waals surface area contributed by atoms with Gasteiger partial charge in [-0.2, -0.15) is 0 Å². The number of nitrogens with zero attached hydrogens (tertiary/aromatic N) is 3. The monoisotopic (exact) mass is 363 g/mol. The Kier molecular flexibility index (Phi) is 4.08. The Bertz CT molecular complexity index is 1220. The fourth-order valence-electron chi connectivity index (χ4n) is 2.97. The molecule has 0 bridgehead atoms. The van der Waals surface area contributed by atoms with E-state index in [-0.39, 0.29) is 11.5 Å². The van der Waals surface area contributed by atoms with E-state index < -0.39 is 0 Å². The quantitative estimate of drug-likeness (QED) is 0.575. The number of aryl methyl sites for hydroxylation is 1. The van der Waals surface area contributed by atoms with E-state index in [1.165, 1.54) is 0 Å². The van der Waals surface area contributed by atoms with E-state index in [0.29, 0.717) is 33.9 Å². The summed E-state index contributed by atoms with van der Waals surface area (Å²) in [6.45, 7) is 1.87. The van der Waals surface area contributed by atoms with E-state index in [2.05, 4.69) is 25.3 Å². The van der Waals surface area contributed by atoms with Gasteiger partial charge in [0.2, 0.25) is 11.9 Å². The second-order valence-electron chi connectivity index (χ2n) is 5.89. The smallest absolute Gasteiger partial charge is 0.260 e. The zero-order valence-corrected chi connectivity index (χ0v) is 15.0. The summed E-state index contributed by atoms with van der Waals surface area (Å²) in [6.07, 6.45) is 0. The summed E-state index contributed by atoms with van der Waals surface area (Å²) < 4.78 is 10.8. The second-order valence-corrected chi connectivity index (χ2v) is 5.89. The first-order valence-electron chi connectivity index (χ1n) is 8.26. The van der Waals surface area contributed by atoms with Crippen LogP contribution in [0.5, 0.6) is 11.5 Å². The molecule has 2 heterocycles. The number of hydrogen-bond acceptors (Lipinski definition) is 7. The van der Waals surface area contributed by atoms with Crippen LogP contribution in [0.3, 0.4) is 0 Å². The molecule has 4 aromatic rings. The van der Waals surface area contributed by atoms with Gasteiger partial charge in [0.15, 0.2) is 11.5 Å². The van der Waals surface area contributed by atoms with Gasteiger partial charge in [-0.1, -0.05) is 12.1 Å². The van der Waals surface area contributed by atoms with Crippen molar-refractivity contribution in [1.29, 1.82) is 0 Å². The number of H-pyrrole nitrogens is 1. The number of nitrogens with one attached hydrogen (secondary N) is 2. The lowest BCUT2D eigenvalue weighted by molar-refractivity contribution is 0.358. The minimum Gasteiger partial charge on any atom is -0.493 e. The lowest BCUT2D eigenvalue weighted by Crippen LogP contribution is -2.12. The Morgan fingerprint density at radius 2 is 1.78 bits per heavy atom. The predicted molar refractivity (Wildman–Crippen MR) is 103 cm³/mol. The normalized spacial score (nSPS) is 10.9. The van der Waals surface area contributed by atoms with Crippen LogP contribution in [0.15, 0.2) is 41.2 Å². The first-order valence-corrected chi connectivity index (χ1v) is 8.26. The van der Waals surface area contributed by atoms with Crippen molar-refractivity contribution in [2.75, 3.05) is 19.5 Å². The summed E-state index contributed by atoms with van der Waals surface area (Å²) in [4.78, 5) is 28.3. The molecule has 0 fully saturated rings. The Labute approximate surface area is 154 Å². The zero-order valence-electron chi connectivity index (χ0n) is 15.0. The number of anilines is 2. The molecule has 2 aromatic heterocycles. The van der Waals surface area contributed by atoms with Crippen LogP contribution >= 0.6 is 0 Å². The van der Waals surface area contributed by atoms with Gasteiger partial charge >= 0.3 is 0 Å². The number of fused-ring (bicyclic) bond motifs is 2. The maximum absolute atomic E-state index is 12.2. The molecule has 0 radical (unpaired) electrons. The van der Waals surface area contributed by atoms with Crippen molar-refractivity contribution in [3.8, 4) is 11.5 Å². The Hall–Kier alpha value is -3.68. The van der Waals surface area contributed by atoms with Gasteiger partial charge in [-0.05, 0) is 31.2 Å². The van der Waals surface area contributed by atoms with Crippen LogP contribution in [0.2, 0.25) is 0 Å². The molecule has 0 unspecified atom stereocenters. The highest BCUT2D eigenvalue weighted by molar-refractivity contribution is 5.90. The van der Waals surface area contributed by atoms with Gasteiger partial charge in [0.05, 0.1) is 30.8 Å². The van der Waals surface area contributed by atoms with E-state index in [0.717, 1.165) is 11.1 Å². The highest BCUT2D eigenvalue weighted by Crippen LogP contribution is 2.35. The number of benzene rings is 2. The van der Waals surface area contributed by atoms with Gasteiger partial charge in [0.25, 0.3) is 5.56 Å². The van der Waals surface area contributed by atoms with Crippen molar-refractivity contribution < 1.29 is 9.47 Å². The van der Waals surface area contributed by atoms with Crippen molar-refractivity contribution in [3.05, 3.63) is 52.4 Å². The topological polar surface area (TPSA) is 102 Å². The predicted octanol–water partition coefficient (Wildman–Crippen LogP) is 2.94. The third-order valence-electron chi connectivity index (χ3n) is 4.24. The summed E-state index contributed by atoms with van der Waals surface area (Å²) >= 11 is 0. The number of para-hydroxylation sites is 1. The fraction of sp³-hybridized carbons (Fsp3) is 0.158. The van der Waals surface area contributed by atoms with Crippen LogP contribution < -0.4 is 20.3 Å². The van der Waals surface area contributed by atoms with Crippen molar-refractivity contribution in [2.45, 2.75) is 6.92 Å². The largest absolute Gasteiger partial charge is 0.493 e. The molecule has 0 aliphatic heterocycles. The number of aromatic nitrogens is 4. The number of ether oxygens (including phenoxy) is 2. The zero-order chi connectivity index (χ0) is 19.0. The van der Waals surface area contributed by atoms with Gasteiger partial charge in [0.1, 0.15) is 5.52 Å². The molecule has 4 rings (SSSR count). The molecule has 0 aliphatic carbocycles. The molecule has 8 nitrogen and oxygen atoms in total. The number of methoxy groups -OCH3 is 2. The summed E-state index contributed by atoms with van der Waals surface area (Å²) in [6, 6.07) is 10.8. The minimum absolute atomic E-state index is 0.236. The van der Waals surface area contributed by atoms with E-state index in [1.807, 2.05) is 25.1 Å². The molecule has 0 amide bonds. The summed E-state index contributed by atoms with van der Waals surface area (Å²) in [5, 5.41) is 4.34. The van der Waals surface area contributed by atoms with Crippen LogP contribution in [-0.2, 0) is 0 Å². The van der Waals surface area contributed by atoms with Crippen molar-refractivity contribution in [2.24, 2.45) is 0 Å². The van der Waals surface area contributed by atoms with E-state index >= 15 is 0 Å². The van der Waals surface area contributed by atoms with Crippen LogP contribution in [0, 0.1) is 6.92 Å². The first kappa shape index (κ1) is 16.8. The van der Waals surface area contributed by atoms with Gasteiger partial charge in [-0.25, -0.2) is 15.0 Å². The summed E-state index contributed by atoms with van der Waals surface area (Å²) in [7, 11) is 3.13. The van der Waals surface area contributed by atoms with Gasteiger partial charge in [-0.3, -0.25) is 15.1 Å². The van der Waals surface area contributed by atoms with Gasteiger partial charge in [0, 0.05) is 5.39 Å². The van der Waals surface area contributed by atoms with Crippen LogP contribution in [0.1, 0.15) is 5.69 Å². The van der Waals surface area contributed by atoms with Crippen molar-refractivity contribution >= 4 is 33.7 Å². The maximum atomic E-state index is 12.2. The highest BCUT2D eigenvalue weighted by Gasteiger charge is 2.15. The van der Waals surface area contributed by atoms with Crippen molar-refractivity contribution in [1.82, 2.24) is 19.9 Å². The number of hydrogen-bond donors (Lipinski definition) is 2. The maximum Gasteiger partial charge on any atom is 0.260 e. The third kappa shape index (κ3) is 2.91. The molecule has 0 aliphatic rings. The lowest BCUT2D eigenvalue weighted by Gasteiger charge is -2.12. The molecule has 2 N–H and O–H groups in total. The van der Waals surface area contributed by atoms with Crippen molar-refractivity contribution in [3.63, 3.8) is 0 Å². The lowest BCUT2D eigenvalue weighted by atomic mass is 10.1. The Balaban J connectivity index is 1.84. The van der Waals surface area contributed by atoms with Crippen LogP contribution in [0.25, 0.3) is 21.8 Å². The standard InChI is InChI=1S/C19H17N5O3/c1-10-11-8-9-14(26-2)16(27-3)15(11)22-18(20-10)24-19-21-13-7-5-4-6-12(13)17(25)23-19/h4-9H,1-3H3,(H2,20,21,22,23,24,25). The van der Waals surface area contributed by atoms with Gasteiger partial charge in [-0.15, -0.1) is 0 Å². The Morgan fingerprint density at radius 3 is 2.56 bits per heavy atom. The minimum atomic E-state index is -0.236. The third-order valence-corrected chi connectivity index (χ3v) is 4.24. The first-order chi connectivity index (χ1) is 13.1. The summed E-state index contributed by atoms with van der Waals surface area (Å²) in [5.74, 6) is 1.65. The molecule has 2 aromatic carbocycles. The van der Waals surface area contributed by atoms with Crippen LogP contribution in [-0.4, -0.2) is 34.2 Å². The molecule has 0 saturated heterocycles. The second kappa shape index (κ2) is 6.56. The average Bonchev–Trinajstić information content (AvgIpc) is 2.67. The molecule has 136 valence electrons. The number of aromatic amines is 1. The Morgan fingerprint density at radius 1 is 0.963 bits per heavy atom. The van der Waals surface area contributed by atoms with E-state index in [4.69, 9.17) is 9.47 Å². The molecule has 0 atom stereocenters. The SMILES string of the molecule is COc1ccc2c(C)nc(Nc3nc4ccccc4c(=O)[nH]3)nc2c1OC. The molecular weight excluding hydrogens is 346 g/mol. The molecule has 8 heteroatoms. The van der Waals surface area contributed by atoms with Gasteiger partial charge < -0.3 is 9.47 Å². The summed E-state index contributed by atoms with van der Waals surface area (Å²) in [5.41, 5.74) is 1.71. The van der Waals surface area contributed by atoms with Crippen LogP contribution in [0.4, 0.5) is 11.9 Å². The molecule has 0 spiro atoms. The average molecular weight is 363 g/mol. The fourth-order valence-corrected chi connectivity index (χ4v) is 2.97. The van der Waals surface area contributed by atoms with E-state index in [1.54, 1.807) is 32.4 Å². The van der Waals surface area contributed by atoms with E-state index in [9.17, 15) is 4.79 Å². The molecular formula is C19H17N5O3. The molecule has 27 heavy (non-hydrogen) atoms.